The van der Waals surface area contributed by atoms with Crippen molar-refractivity contribution in [3.05, 3.63) is 36.4 Å². The van der Waals surface area contributed by atoms with Gasteiger partial charge in [-0.1, -0.05) is 17.4 Å². The number of fused-ring (bicyclic) bond motifs is 1. The first-order valence-corrected chi connectivity index (χ1v) is 15.1. The second-order valence-corrected chi connectivity index (χ2v) is 12.1. The minimum atomic E-state index is -0.385. The summed E-state index contributed by atoms with van der Waals surface area (Å²) in [5, 5.41) is 13.6. The number of aliphatic hydroxyl groups excluding tert-OH is 1. The number of nitrogens with one attached hydrogen (secondary N) is 1. The molecule has 2 atom stereocenters. The average molecular weight is 567 g/mol. The maximum atomic E-state index is 12.9. The van der Waals surface area contributed by atoms with Gasteiger partial charge in [0.25, 0.3) is 0 Å². The number of thiazole rings is 1. The number of anilines is 1. The fourth-order valence-electron chi connectivity index (χ4n) is 5.90. The molecule has 6 rings (SSSR count). The molecule has 10 nitrogen and oxygen atoms in total. The summed E-state index contributed by atoms with van der Waals surface area (Å²) in [6.45, 7) is 6.34. The molecule has 2 aromatic heterocycles. The van der Waals surface area contributed by atoms with Gasteiger partial charge in [0.15, 0.2) is 11.0 Å². The Hall–Kier alpha value is -2.54. The summed E-state index contributed by atoms with van der Waals surface area (Å²) < 4.78 is 12.0. The summed E-state index contributed by atoms with van der Waals surface area (Å²) in [5.74, 6) is 0.732. The Kier molecular flexibility index (Phi) is 8.66. The van der Waals surface area contributed by atoms with E-state index >= 15 is 0 Å². The molecule has 2 aliphatic carbocycles. The van der Waals surface area contributed by atoms with Crippen LogP contribution in [0.25, 0.3) is 21.3 Å². The highest BCUT2D eigenvalue weighted by Crippen LogP contribution is 2.35. The van der Waals surface area contributed by atoms with Gasteiger partial charge in [-0.3, -0.25) is 14.6 Å². The number of nitrogens with zero attached hydrogens (tertiary/aromatic N) is 5. The van der Waals surface area contributed by atoms with E-state index in [-0.39, 0.29) is 24.0 Å². The number of aliphatic hydroxyl groups is 1. The molecule has 2 saturated carbocycles. The van der Waals surface area contributed by atoms with Crippen LogP contribution >= 0.6 is 11.3 Å². The van der Waals surface area contributed by atoms with Crippen LogP contribution in [0.2, 0.25) is 0 Å². The SMILES string of the molecule is COCCN1CCN(C2CC(C(=O)Nc3nc4ccc(-c5cnc(CO[C@H]6CCC[C@@H]6O)nc5)cc4s3)C2)CC1. The molecule has 2 N–H and O–H groups in total. The van der Waals surface area contributed by atoms with E-state index in [4.69, 9.17) is 9.47 Å². The highest BCUT2D eigenvalue weighted by molar-refractivity contribution is 7.22. The maximum absolute atomic E-state index is 12.9. The van der Waals surface area contributed by atoms with E-state index in [2.05, 4.69) is 36.1 Å². The highest BCUT2D eigenvalue weighted by atomic mass is 32.1. The quantitative estimate of drug-likeness (QED) is 0.382. The van der Waals surface area contributed by atoms with Crippen LogP contribution in [0.5, 0.6) is 0 Å². The number of methoxy groups -OCH3 is 1. The molecular weight excluding hydrogens is 528 g/mol. The van der Waals surface area contributed by atoms with Gasteiger partial charge in [0.1, 0.15) is 6.61 Å². The summed E-state index contributed by atoms with van der Waals surface area (Å²) in [6, 6.07) is 6.55. The highest BCUT2D eigenvalue weighted by Gasteiger charge is 2.39. The van der Waals surface area contributed by atoms with Crippen molar-refractivity contribution in [3.8, 4) is 11.1 Å². The zero-order valence-corrected chi connectivity index (χ0v) is 23.8. The molecule has 1 amide bonds. The normalized spacial score (nSPS) is 25.8. The summed E-state index contributed by atoms with van der Waals surface area (Å²) >= 11 is 1.49. The van der Waals surface area contributed by atoms with Crippen molar-refractivity contribution in [2.75, 3.05) is 51.8 Å². The lowest BCUT2D eigenvalue weighted by Gasteiger charge is -2.45. The molecule has 1 saturated heterocycles. The Morgan fingerprint density at radius 3 is 2.65 bits per heavy atom. The molecule has 1 aromatic carbocycles. The van der Waals surface area contributed by atoms with Gasteiger partial charge >= 0.3 is 0 Å². The average Bonchev–Trinajstić information content (AvgIpc) is 3.55. The van der Waals surface area contributed by atoms with Crippen molar-refractivity contribution in [2.24, 2.45) is 5.92 Å². The van der Waals surface area contributed by atoms with Crippen molar-refractivity contribution in [1.29, 1.82) is 0 Å². The molecule has 3 aromatic rings. The maximum Gasteiger partial charge on any atom is 0.229 e. The Morgan fingerprint density at radius 2 is 1.93 bits per heavy atom. The zero-order chi connectivity index (χ0) is 27.5. The van der Waals surface area contributed by atoms with Crippen LogP contribution < -0.4 is 5.32 Å². The number of benzene rings is 1. The van der Waals surface area contributed by atoms with E-state index in [1.807, 2.05) is 12.1 Å². The van der Waals surface area contributed by atoms with Crippen molar-refractivity contribution in [1.82, 2.24) is 24.8 Å². The number of ether oxygens (including phenoxy) is 2. The van der Waals surface area contributed by atoms with E-state index in [0.29, 0.717) is 23.6 Å². The molecule has 0 radical (unpaired) electrons. The molecule has 1 aliphatic heterocycles. The van der Waals surface area contributed by atoms with E-state index in [1.165, 1.54) is 11.3 Å². The van der Waals surface area contributed by atoms with Crippen LogP contribution in [0.1, 0.15) is 37.9 Å². The number of amides is 1. The molecule has 40 heavy (non-hydrogen) atoms. The number of hydrogen-bond acceptors (Lipinski definition) is 10. The van der Waals surface area contributed by atoms with Crippen LogP contribution in [-0.2, 0) is 20.9 Å². The van der Waals surface area contributed by atoms with E-state index in [1.54, 1.807) is 19.5 Å². The molecule has 0 unspecified atom stereocenters. The number of aromatic nitrogens is 3. The third-order valence-electron chi connectivity index (χ3n) is 8.52. The lowest BCUT2D eigenvalue weighted by Crippen LogP contribution is -2.55. The Balaban J connectivity index is 0.994. The van der Waals surface area contributed by atoms with Gasteiger partial charge < -0.3 is 19.9 Å². The third-order valence-corrected chi connectivity index (χ3v) is 9.45. The van der Waals surface area contributed by atoms with Gasteiger partial charge in [-0.05, 0) is 49.8 Å². The minimum absolute atomic E-state index is 0.0515. The van der Waals surface area contributed by atoms with Gasteiger partial charge in [-0.25, -0.2) is 15.0 Å². The fraction of sp³-hybridized carbons (Fsp3) is 0.586. The fourth-order valence-corrected chi connectivity index (χ4v) is 6.81. The third kappa shape index (κ3) is 6.35. The van der Waals surface area contributed by atoms with Crippen LogP contribution in [0.15, 0.2) is 30.6 Å². The van der Waals surface area contributed by atoms with Gasteiger partial charge in [0, 0.05) is 69.8 Å². The van der Waals surface area contributed by atoms with Gasteiger partial charge in [0.2, 0.25) is 5.91 Å². The largest absolute Gasteiger partial charge is 0.390 e. The number of carbonyl (C=O) groups is 1. The molecule has 3 fully saturated rings. The van der Waals surface area contributed by atoms with E-state index < -0.39 is 0 Å². The van der Waals surface area contributed by atoms with Crippen LogP contribution in [0, 0.1) is 5.92 Å². The van der Waals surface area contributed by atoms with Crippen LogP contribution in [0.4, 0.5) is 5.13 Å². The monoisotopic (exact) mass is 566 g/mol. The second kappa shape index (κ2) is 12.5. The van der Waals surface area contributed by atoms with E-state index in [9.17, 15) is 9.90 Å². The predicted molar refractivity (Wildman–Crippen MR) is 154 cm³/mol. The standard InChI is InChI=1S/C29H38N6O4S/c1-38-12-11-34-7-9-35(10-8-34)22-13-20(14-22)28(37)33-29-32-23-6-5-19(15-26(23)40-29)21-16-30-27(31-17-21)18-39-25-4-2-3-24(25)36/h5-6,15-17,20,22,24-25,36H,2-4,7-14,18H2,1H3,(H,32,33,37)/t20?,22?,24-,25-/m0/s1. The molecule has 0 bridgehead atoms. The van der Waals surface area contributed by atoms with Crippen LogP contribution in [-0.4, -0.2) is 100 Å². The molecular formula is C29H38N6O4S. The number of carbonyl (C=O) groups excluding carboxylic acids is 1. The second-order valence-electron chi connectivity index (χ2n) is 11.1. The van der Waals surface area contributed by atoms with Gasteiger partial charge in [-0.15, -0.1) is 0 Å². The van der Waals surface area contributed by atoms with Crippen LogP contribution in [0.3, 0.4) is 0 Å². The van der Waals surface area contributed by atoms with Gasteiger partial charge in [-0.2, -0.15) is 0 Å². The van der Waals surface area contributed by atoms with Crippen molar-refractivity contribution in [3.63, 3.8) is 0 Å². The molecule has 214 valence electrons. The lowest BCUT2D eigenvalue weighted by atomic mass is 9.78. The van der Waals surface area contributed by atoms with E-state index in [0.717, 1.165) is 92.8 Å². The zero-order valence-electron chi connectivity index (χ0n) is 23.0. The Bertz CT molecular complexity index is 1290. The summed E-state index contributed by atoms with van der Waals surface area (Å²) in [7, 11) is 1.75. The molecule has 3 heterocycles. The molecule has 3 aliphatic rings. The first-order chi connectivity index (χ1) is 19.6. The summed E-state index contributed by atoms with van der Waals surface area (Å²) in [5.41, 5.74) is 2.77. The minimum Gasteiger partial charge on any atom is -0.390 e. The molecule has 0 spiro atoms. The number of hydrogen-bond donors (Lipinski definition) is 2. The number of piperazine rings is 1. The smallest absolute Gasteiger partial charge is 0.229 e. The first kappa shape index (κ1) is 27.6. The topological polar surface area (TPSA) is 113 Å². The Morgan fingerprint density at radius 1 is 1.12 bits per heavy atom. The van der Waals surface area contributed by atoms with Crippen molar-refractivity contribution < 1.29 is 19.4 Å². The first-order valence-electron chi connectivity index (χ1n) is 14.3. The lowest BCUT2D eigenvalue weighted by molar-refractivity contribution is -0.124. The number of rotatable bonds is 10. The predicted octanol–water partition coefficient (Wildman–Crippen LogP) is 3.16. The Labute approximate surface area is 238 Å². The summed E-state index contributed by atoms with van der Waals surface area (Å²) in [6.07, 6.45) is 7.60. The summed E-state index contributed by atoms with van der Waals surface area (Å²) in [4.78, 5) is 31.5. The van der Waals surface area contributed by atoms with Gasteiger partial charge in [0.05, 0.1) is 29.0 Å². The van der Waals surface area contributed by atoms with Crippen molar-refractivity contribution in [2.45, 2.75) is 57.0 Å². The van der Waals surface area contributed by atoms with Crippen molar-refractivity contribution >= 4 is 32.6 Å². The molecule has 11 heteroatoms.